The van der Waals surface area contributed by atoms with Gasteiger partial charge in [-0.1, -0.05) is 36.9 Å². The maximum absolute atomic E-state index is 10.1. The van der Waals surface area contributed by atoms with E-state index in [1.54, 1.807) is 6.92 Å². The van der Waals surface area contributed by atoms with Crippen LogP contribution >= 0.6 is 0 Å². The predicted octanol–water partition coefficient (Wildman–Crippen LogP) is 2.33. The third-order valence-electron chi connectivity index (χ3n) is 1.49. The van der Waals surface area contributed by atoms with Gasteiger partial charge in [0.05, 0.1) is 6.61 Å². The molecule has 3 nitrogen and oxygen atoms in total. The average molecular weight is 392 g/mol. The van der Waals surface area contributed by atoms with Crippen molar-refractivity contribution >= 4 is 5.97 Å². The van der Waals surface area contributed by atoms with Crippen LogP contribution in [-0.4, -0.2) is 17.7 Å². The number of rotatable bonds is 5. The zero-order chi connectivity index (χ0) is 11.5. The van der Waals surface area contributed by atoms with E-state index in [1.807, 2.05) is 30.3 Å². The largest absolute Gasteiger partial charge is 2.00 e. The summed E-state index contributed by atoms with van der Waals surface area (Å²) in [6.45, 7) is 5.59. The number of carbonyl (C=O) groups is 1. The van der Waals surface area contributed by atoms with Crippen LogP contribution < -0.4 is 0 Å². The molecule has 0 atom stereocenters. The van der Waals surface area contributed by atoms with Crippen LogP contribution in [0.4, 0.5) is 0 Å². The molecule has 0 amide bonds. The minimum atomic E-state index is -0.951. The van der Waals surface area contributed by atoms with Crippen molar-refractivity contribution in [2.24, 2.45) is 0 Å². The van der Waals surface area contributed by atoms with Gasteiger partial charge in [-0.25, -0.2) is 0 Å². The van der Waals surface area contributed by atoms with Crippen molar-refractivity contribution in [3.05, 3.63) is 49.2 Å². The van der Waals surface area contributed by atoms with Gasteiger partial charge in [-0.05, 0) is 5.56 Å². The fourth-order valence-electron chi connectivity index (χ4n) is 0.881. The fourth-order valence-corrected chi connectivity index (χ4v) is 0.881. The molecule has 0 radical (unpaired) electrons. The minimum absolute atomic E-state index is 0. The zero-order valence-electron chi connectivity index (χ0n) is 9.26. The maximum atomic E-state index is 10.1. The Hall–Kier alpha value is -0.792. The number of benzene rings is 1. The molecule has 1 aromatic carbocycles. The molecule has 0 unspecified atom stereocenters. The second-order valence-electron chi connectivity index (χ2n) is 2.54. The molecule has 0 aliphatic rings. The van der Waals surface area contributed by atoms with Crippen molar-refractivity contribution in [1.82, 2.24) is 0 Å². The average Bonchev–Trinajstić information content (AvgIpc) is 2.28. The molecule has 0 aliphatic carbocycles. The molecule has 4 heteroatoms. The van der Waals surface area contributed by atoms with Gasteiger partial charge in [0.25, 0.3) is 0 Å². The molecule has 1 aromatic rings. The Bertz CT molecular complexity index is 262. The Kier molecular flexibility index (Phi) is 13.5. The van der Waals surface area contributed by atoms with Gasteiger partial charge in [0, 0.05) is 0 Å². The molecule has 1 rings (SSSR count). The number of ether oxygens (including phenoxy) is 1. The van der Waals surface area contributed by atoms with E-state index in [4.69, 9.17) is 9.84 Å². The van der Waals surface area contributed by atoms with Gasteiger partial charge in [-0.3, -0.25) is 11.2 Å². The third-order valence-corrected chi connectivity index (χ3v) is 1.49. The van der Waals surface area contributed by atoms with Crippen LogP contribution in [0, 0.1) is 13.3 Å². The van der Waals surface area contributed by atoms with Gasteiger partial charge in [0.2, 0.25) is 0 Å². The first kappa shape index (κ1) is 17.6. The van der Waals surface area contributed by atoms with Crippen molar-refractivity contribution < 1.29 is 35.7 Å². The van der Waals surface area contributed by atoms with Crippen molar-refractivity contribution in [3.8, 4) is 0 Å². The Morgan fingerprint density at radius 2 is 1.94 bits per heavy atom. The molecule has 88 valence electrons. The first-order valence-corrected chi connectivity index (χ1v) is 4.67. The van der Waals surface area contributed by atoms with Crippen molar-refractivity contribution in [2.45, 2.75) is 13.5 Å². The van der Waals surface area contributed by atoms with Crippen LogP contribution in [-0.2, 0) is 37.2 Å². The summed E-state index contributed by atoms with van der Waals surface area (Å²) in [5.74, 6) is -0.951. The molecule has 0 heterocycles. The van der Waals surface area contributed by atoms with Gasteiger partial charge in [0.1, 0.15) is 0 Å². The zero-order valence-corrected chi connectivity index (χ0v) is 12.2. The number of hydrogen-bond donors (Lipinski definition) is 1. The van der Waals surface area contributed by atoms with Crippen molar-refractivity contribution in [1.29, 1.82) is 0 Å². The normalized spacial score (nSPS) is 8.12. The summed E-state index contributed by atoms with van der Waals surface area (Å²) < 4.78 is 5.09. The molecule has 0 aliphatic heterocycles. The van der Waals surface area contributed by atoms with E-state index in [1.165, 1.54) is 0 Å². The quantitative estimate of drug-likeness (QED) is 0.618. The topological polar surface area (TPSA) is 46.5 Å². The Morgan fingerprint density at radius 3 is 2.44 bits per heavy atom. The second-order valence-corrected chi connectivity index (χ2v) is 2.54. The maximum Gasteiger partial charge on any atom is 2.00 e. The molecule has 0 saturated carbocycles. The predicted molar refractivity (Wildman–Crippen MR) is 59.1 cm³/mol. The van der Waals surface area contributed by atoms with E-state index >= 15 is 0 Å². The molecular formula is C12H16O3W. The van der Waals surface area contributed by atoms with Gasteiger partial charge in [-0.2, -0.15) is 6.92 Å². The molecular weight excluding hydrogens is 376 g/mol. The second kappa shape index (κ2) is 12.3. The van der Waals surface area contributed by atoms with Gasteiger partial charge in [-0.15, -0.1) is 0 Å². The van der Waals surface area contributed by atoms with E-state index < -0.39 is 5.97 Å². The van der Waals surface area contributed by atoms with Crippen LogP contribution in [0.2, 0.25) is 0 Å². The standard InChI is InChI=1S/C10H11O3.C2H5.W/c11-10(12)6-7-13-8-9-4-2-1-3-5-9;1-2;/h1-6H,7-8H2,(H,11,12);1H2,2H3;/q2*-1;+2. The molecule has 0 spiro atoms. The summed E-state index contributed by atoms with van der Waals surface area (Å²) in [6.07, 6.45) is 1.09. The summed E-state index contributed by atoms with van der Waals surface area (Å²) in [7, 11) is 0. The van der Waals surface area contributed by atoms with Crippen LogP contribution in [0.15, 0.2) is 30.3 Å². The smallest absolute Gasteiger partial charge is 0.503 e. The summed E-state index contributed by atoms with van der Waals surface area (Å²) in [6, 6.07) is 9.62. The molecule has 16 heavy (non-hydrogen) atoms. The summed E-state index contributed by atoms with van der Waals surface area (Å²) in [5.41, 5.74) is 1.04. The Morgan fingerprint density at radius 1 is 1.38 bits per heavy atom. The van der Waals surface area contributed by atoms with Crippen molar-refractivity contribution in [2.75, 3.05) is 6.61 Å². The van der Waals surface area contributed by atoms with Crippen molar-refractivity contribution in [3.63, 3.8) is 0 Å². The summed E-state index contributed by atoms with van der Waals surface area (Å²) in [5, 5.41) is 8.28. The monoisotopic (exact) mass is 392 g/mol. The molecule has 0 saturated heterocycles. The van der Waals surface area contributed by atoms with E-state index in [-0.39, 0.29) is 27.7 Å². The first-order valence-electron chi connectivity index (χ1n) is 4.67. The minimum Gasteiger partial charge on any atom is -0.503 e. The van der Waals surface area contributed by atoms with E-state index in [0.717, 1.165) is 12.0 Å². The molecule has 0 bridgehead atoms. The number of carboxylic acids is 1. The summed E-state index contributed by atoms with van der Waals surface area (Å²) in [4.78, 5) is 10.1. The van der Waals surface area contributed by atoms with E-state index in [9.17, 15) is 4.79 Å². The molecule has 0 fully saturated rings. The van der Waals surface area contributed by atoms with Crippen LogP contribution in [0.25, 0.3) is 0 Å². The van der Waals surface area contributed by atoms with E-state index in [2.05, 4.69) is 6.92 Å². The van der Waals surface area contributed by atoms with Crippen LogP contribution in [0.1, 0.15) is 12.5 Å². The Balaban J connectivity index is 0. The van der Waals surface area contributed by atoms with Gasteiger partial charge >= 0.3 is 21.1 Å². The van der Waals surface area contributed by atoms with Crippen LogP contribution in [0.5, 0.6) is 0 Å². The van der Waals surface area contributed by atoms with Crippen LogP contribution in [0.3, 0.4) is 0 Å². The first-order chi connectivity index (χ1) is 7.29. The fraction of sp³-hybridized carbons (Fsp3) is 0.250. The molecule has 0 aromatic heterocycles. The Labute approximate surface area is 111 Å². The number of carboxylic acid groups (broad SMARTS) is 1. The third kappa shape index (κ3) is 9.75. The van der Waals surface area contributed by atoms with Gasteiger partial charge in [0.15, 0.2) is 5.97 Å². The number of aliphatic carboxylic acids is 1. The van der Waals surface area contributed by atoms with Gasteiger partial charge < -0.3 is 16.8 Å². The molecule has 1 N–H and O–H groups in total. The summed E-state index contributed by atoms with van der Waals surface area (Å²) >= 11 is 0. The van der Waals surface area contributed by atoms with E-state index in [0.29, 0.717) is 6.61 Å². The number of hydrogen-bond acceptors (Lipinski definition) is 2. The SMILES string of the molecule is O=C(O)[CH-]COCc1ccccc1.[CH2-]C.[W+2].